The lowest BCUT2D eigenvalue weighted by molar-refractivity contribution is 0.392. The molecule has 0 atom stereocenters. The molecule has 0 saturated carbocycles. The molecule has 0 amide bonds. The highest BCUT2D eigenvalue weighted by molar-refractivity contribution is 6.35. The zero-order valence-electron chi connectivity index (χ0n) is 9.76. The number of halogens is 2. The molecule has 2 aromatic rings. The second kappa shape index (κ2) is 4.55. The number of nitrogens with zero attached hydrogens (tertiary/aromatic N) is 1. The van der Waals surface area contributed by atoms with Crippen LogP contribution in [0.4, 0.5) is 4.39 Å². The van der Waals surface area contributed by atoms with Crippen LogP contribution in [0.15, 0.2) is 12.1 Å². The second-order valence-electron chi connectivity index (χ2n) is 3.86. The van der Waals surface area contributed by atoms with Gasteiger partial charge in [-0.25, -0.2) is 4.39 Å². The Bertz CT molecular complexity index is 565. The van der Waals surface area contributed by atoms with Crippen LogP contribution in [0.2, 0.25) is 5.02 Å². The fourth-order valence-corrected chi connectivity index (χ4v) is 2.41. The summed E-state index contributed by atoms with van der Waals surface area (Å²) in [4.78, 5) is 0. The highest BCUT2D eigenvalue weighted by atomic mass is 35.5. The van der Waals surface area contributed by atoms with E-state index in [1.807, 2.05) is 17.6 Å². The van der Waals surface area contributed by atoms with E-state index in [-0.39, 0.29) is 5.75 Å². The Morgan fingerprint density at radius 1 is 1.47 bits per heavy atom. The first-order valence-corrected chi connectivity index (χ1v) is 5.69. The van der Waals surface area contributed by atoms with Crippen molar-refractivity contribution < 1.29 is 9.13 Å². The smallest absolute Gasteiger partial charge is 0.167 e. The molecule has 5 heteroatoms. The van der Waals surface area contributed by atoms with E-state index in [2.05, 4.69) is 0 Å². The Balaban J connectivity index is 2.83. The van der Waals surface area contributed by atoms with Gasteiger partial charge < -0.3 is 15.0 Å². The number of benzene rings is 1. The van der Waals surface area contributed by atoms with Crippen molar-refractivity contribution in [2.24, 2.45) is 5.73 Å². The van der Waals surface area contributed by atoms with Crippen LogP contribution in [0, 0.1) is 12.7 Å². The third kappa shape index (κ3) is 1.87. The molecular formula is C12H14ClFN2O. The van der Waals surface area contributed by atoms with Gasteiger partial charge >= 0.3 is 0 Å². The molecule has 0 radical (unpaired) electrons. The van der Waals surface area contributed by atoms with Gasteiger partial charge in [0.05, 0.1) is 17.6 Å². The summed E-state index contributed by atoms with van der Waals surface area (Å²) in [6.45, 7) is 3.08. The van der Waals surface area contributed by atoms with E-state index in [0.717, 1.165) is 11.2 Å². The van der Waals surface area contributed by atoms with Gasteiger partial charge in [0.15, 0.2) is 11.6 Å². The topological polar surface area (TPSA) is 40.2 Å². The fraction of sp³-hybridized carbons (Fsp3) is 0.333. The molecule has 0 aliphatic heterocycles. The van der Waals surface area contributed by atoms with E-state index in [1.165, 1.54) is 13.2 Å². The molecule has 0 saturated heterocycles. The standard InChI is InChI=1S/C12H14ClFN2O/c1-7-5-8-11(16(7)4-3-15)9(13)6-10(14)12(8)17-2/h5-6H,3-4,15H2,1-2H3. The normalized spacial score (nSPS) is 11.1. The molecule has 2 N–H and O–H groups in total. The maximum absolute atomic E-state index is 13.7. The van der Waals surface area contributed by atoms with Crippen LogP contribution in [0.5, 0.6) is 5.75 Å². The Hall–Kier alpha value is -1.26. The lowest BCUT2D eigenvalue weighted by Crippen LogP contribution is -2.10. The van der Waals surface area contributed by atoms with Gasteiger partial charge in [-0.3, -0.25) is 0 Å². The van der Waals surface area contributed by atoms with E-state index in [1.54, 1.807) is 0 Å². The number of aryl methyl sites for hydroxylation is 1. The average molecular weight is 257 g/mol. The van der Waals surface area contributed by atoms with Gasteiger partial charge in [-0.05, 0) is 19.1 Å². The monoisotopic (exact) mass is 256 g/mol. The molecule has 0 aliphatic rings. The quantitative estimate of drug-likeness (QED) is 0.917. The number of hydrogen-bond acceptors (Lipinski definition) is 2. The van der Waals surface area contributed by atoms with Gasteiger partial charge in [-0.1, -0.05) is 11.6 Å². The minimum atomic E-state index is -0.449. The summed E-state index contributed by atoms with van der Waals surface area (Å²) >= 11 is 6.09. The predicted molar refractivity (Wildman–Crippen MR) is 67.2 cm³/mol. The third-order valence-electron chi connectivity index (χ3n) is 2.80. The Morgan fingerprint density at radius 3 is 2.76 bits per heavy atom. The maximum atomic E-state index is 13.7. The molecule has 92 valence electrons. The number of aromatic nitrogens is 1. The van der Waals surface area contributed by atoms with Gasteiger partial charge in [0.2, 0.25) is 0 Å². The van der Waals surface area contributed by atoms with Crippen molar-refractivity contribution >= 4 is 22.5 Å². The third-order valence-corrected chi connectivity index (χ3v) is 3.09. The van der Waals surface area contributed by atoms with E-state index >= 15 is 0 Å². The first-order valence-electron chi connectivity index (χ1n) is 5.32. The van der Waals surface area contributed by atoms with E-state index < -0.39 is 5.82 Å². The number of fused-ring (bicyclic) bond motifs is 1. The van der Waals surface area contributed by atoms with Gasteiger partial charge in [0, 0.05) is 24.2 Å². The first kappa shape index (κ1) is 12.2. The van der Waals surface area contributed by atoms with Gasteiger partial charge in [-0.15, -0.1) is 0 Å². The summed E-state index contributed by atoms with van der Waals surface area (Å²) in [7, 11) is 1.45. The second-order valence-corrected chi connectivity index (χ2v) is 4.27. The lowest BCUT2D eigenvalue weighted by atomic mass is 10.2. The molecule has 0 spiro atoms. The lowest BCUT2D eigenvalue weighted by Gasteiger charge is -2.09. The SMILES string of the molecule is COc1c(F)cc(Cl)c2c1cc(C)n2CCN. The zero-order valence-corrected chi connectivity index (χ0v) is 10.5. The van der Waals surface area contributed by atoms with Gasteiger partial charge in [0.1, 0.15) is 0 Å². The summed E-state index contributed by atoms with van der Waals surface area (Å²) < 4.78 is 20.7. The molecule has 0 unspecified atom stereocenters. The molecule has 1 heterocycles. The summed E-state index contributed by atoms with van der Waals surface area (Å²) in [5.41, 5.74) is 7.31. The van der Waals surface area contributed by atoms with Crippen LogP contribution in [-0.4, -0.2) is 18.2 Å². The molecule has 2 rings (SSSR count). The van der Waals surface area contributed by atoms with Crippen molar-refractivity contribution in [3.63, 3.8) is 0 Å². The predicted octanol–water partition coefficient (Wildman–Crippen LogP) is 2.71. The van der Waals surface area contributed by atoms with Crippen LogP contribution >= 0.6 is 11.6 Å². The number of rotatable bonds is 3. The molecule has 17 heavy (non-hydrogen) atoms. The average Bonchev–Trinajstić information content (AvgIpc) is 2.57. The van der Waals surface area contributed by atoms with Gasteiger partial charge in [0.25, 0.3) is 0 Å². The van der Waals surface area contributed by atoms with E-state index in [4.69, 9.17) is 22.1 Å². The highest BCUT2D eigenvalue weighted by Crippen LogP contribution is 2.36. The van der Waals surface area contributed by atoms with Crippen LogP contribution in [0.25, 0.3) is 10.9 Å². The summed E-state index contributed by atoms with van der Waals surface area (Å²) in [6, 6.07) is 3.13. The zero-order chi connectivity index (χ0) is 12.6. The Kier molecular flexibility index (Phi) is 3.26. The maximum Gasteiger partial charge on any atom is 0.167 e. The Morgan fingerprint density at radius 2 is 2.18 bits per heavy atom. The van der Waals surface area contributed by atoms with Crippen LogP contribution in [0.1, 0.15) is 5.69 Å². The van der Waals surface area contributed by atoms with Crippen molar-refractivity contribution in [1.29, 1.82) is 0 Å². The molecule has 0 bridgehead atoms. The number of methoxy groups -OCH3 is 1. The largest absolute Gasteiger partial charge is 0.493 e. The minimum Gasteiger partial charge on any atom is -0.493 e. The summed E-state index contributed by atoms with van der Waals surface area (Å²) in [5, 5.41) is 1.06. The summed E-state index contributed by atoms with van der Waals surface area (Å²) in [5.74, 6) is -0.224. The highest BCUT2D eigenvalue weighted by Gasteiger charge is 2.17. The molecule has 1 aromatic carbocycles. The number of ether oxygens (including phenoxy) is 1. The van der Waals surface area contributed by atoms with Crippen molar-refractivity contribution in [1.82, 2.24) is 4.57 Å². The van der Waals surface area contributed by atoms with Crippen molar-refractivity contribution in [2.45, 2.75) is 13.5 Å². The molecule has 0 fully saturated rings. The minimum absolute atomic E-state index is 0.225. The summed E-state index contributed by atoms with van der Waals surface area (Å²) in [6.07, 6.45) is 0. The van der Waals surface area contributed by atoms with Crippen LogP contribution in [0.3, 0.4) is 0 Å². The van der Waals surface area contributed by atoms with E-state index in [9.17, 15) is 4.39 Å². The van der Waals surface area contributed by atoms with Crippen molar-refractivity contribution in [3.8, 4) is 5.75 Å². The van der Waals surface area contributed by atoms with Gasteiger partial charge in [-0.2, -0.15) is 0 Å². The molecule has 3 nitrogen and oxygen atoms in total. The van der Waals surface area contributed by atoms with Crippen LogP contribution in [-0.2, 0) is 6.54 Å². The fourth-order valence-electron chi connectivity index (χ4n) is 2.11. The molecule has 0 aliphatic carbocycles. The number of hydrogen-bond donors (Lipinski definition) is 1. The molecular weight excluding hydrogens is 243 g/mol. The van der Waals surface area contributed by atoms with E-state index in [0.29, 0.717) is 23.5 Å². The Labute approximate surface area is 104 Å². The first-order chi connectivity index (χ1) is 8.10. The van der Waals surface area contributed by atoms with Crippen molar-refractivity contribution in [3.05, 3.63) is 28.7 Å². The van der Waals surface area contributed by atoms with Crippen LogP contribution < -0.4 is 10.5 Å². The number of nitrogens with two attached hydrogens (primary N) is 1. The van der Waals surface area contributed by atoms with Crippen molar-refractivity contribution in [2.75, 3.05) is 13.7 Å². The molecule has 1 aromatic heterocycles.